The number of ether oxygens (including phenoxy) is 2. The smallest absolute Gasteiger partial charge is 0.167 e. The lowest BCUT2D eigenvalue weighted by molar-refractivity contribution is -0.107. The molecule has 3 nitrogen and oxygen atoms in total. The third kappa shape index (κ3) is 2.29. The van der Waals surface area contributed by atoms with Crippen molar-refractivity contribution in [2.75, 3.05) is 14.2 Å². The Kier molecular flexibility index (Phi) is 4.22. The number of aldehydes is 1. The lowest BCUT2D eigenvalue weighted by Gasteiger charge is -2.13. The first kappa shape index (κ1) is 12.4. The number of benzene rings is 1. The highest BCUT2D eigenvalue weighted by atomic mass is 19.2. The van der Waals surface area contributed by atoms with Gasteiger partial charge in [-0.25, -0.2) is 8.78 Å². The lowest BCUT2D eigenvalue weighted by atomic mass is 10.1. The summed E-state index contributed by atoms with van der Waals surface area (Å²) in [5, 5.41) is 0. The van der Waals surface area contributed by atoms with Gasteiger partial charge in [0.05, 0.1) is 14.2 Å². The monoisotopic (exact) mass is 230 g/mol. The average molecular weight is 230 g/mol. The highest BCUT2D eigenvalue weighted by molar-refractivity contribution is 5.53. The van der Waals surface area contributed by atoms with E-state index in [-0.39, 0.29) is 29.9 Å². The summed E-state index contributed by atoms with van der Waals surface area (Å²) in [7, 11) is 2.66. The standard InChI is InChI=1S/C11H12F2O3/c1-15-9-6-8(12)10(13)7(4-3-5-14)11(9)16-2/h5-6H,3-4H2,1-2H3. The van der Waals surface area contributed by atoms with Crippen LogP contribution in [0.1, 0.15) is 12.0 Å². The highest BCUT2D eigenvalue weighted by Crippen LogP contribution is 2.35. The van der Waals surface area contributed by atoms with Gasteiger partial charge in [-0.05, 0) is 6.42 Å². The van der Waals surface area contributed by atoms with Crippen molar-refractivity contribution in [3.8, 4) is 11.5 Å². The summed E-state index contributed by atoms with van der Waals surface area (Å²) in [6, 6.07) is 0.915. The van der Waals surface area contributed by atoms with Crippen LogP contribution in [0, 0.1) is 11.6 Å². The molecule has 0 aliphatic carbocycles. The van der Waals surface area contributed by atoms with Gasteiger partial charge in [-0.15, -0.1) is 0 Å². The first-order chi connectivity index (χ1) is 7.65. The summed E-state index contributed by atoms with van der Waals surface area (Å²) < 4.78 is 36.5. The van der Waals surface area contributed by atoms with Crippen molar-refractivity contribution in [3.63, 3.8) is 0 Å². The summed E-state index contributed by atoms with van der Waals surface area (Å²) in [6.45, 7) is 0. The molecule has 1 rings (SSSR count). The van der Waals surface area contributed by atoms with Crippen molar-refractivity contribution in [2.24, 2.45) is 0 Å². The van der Waals surface area contributed by atoms with Crippen LogP contribution in [0.15, 0.2) is 6.07 Å². The zero-order chi connectivity index (χ0) is 12.1. The summed E-state index contributed by atoms with van der Waals surface area (Å²) in [6.07, 6.45) is 0.808. The SMILES string of the molecule is COc1cc(F)c(F)c(CCC=O)c1OC. The van der Waals surface area contributed by atoms with Gasteiger partial charge in [0, 0.05) is 18.1 Å². The predicted molar refractivity (Wildman–Crippen MR) is 53.8 cm³/mol. The summed E-state index contributed by atoms with van der Waals surface area (Å²) in [4.78, 5) is 10.2. The second-order valence-electron chi connectivity index (χ2n) is 3.09. The van der Waals surface area contributed by atoms with E-state index in [0.717, 1.165) is 6.07 Å². The van der Waals surface area contributed by atoms with Crippen LogP contribution < -0.4 is 9.47 Å². The molecule has 0 saturated heterocycles. The van der Waals surface area contributed by atoms with Gasteiger partial charge in [0.2, 0.25) is 0 Å². The second-order valence-corrected chi connectivity index (χ2v) is 3.09. The van der Waals surface area contributed by atoms with Crippen molar-refractivity contribution >= 4 is 6.29 Å². The van der Waals surface area contributed by atoms with Crippen LogP contribution in [0.3, 0.4) is 0 Å². The van der Waals surface area contributed by atoms with Crippen molar-refractivity contribution in [3.05, 3.63) is 23.3 Å². The summed E-state index contributed by atoms with van der Waals surface area (Å²) in [5.74, 6) is -1.77. The van der Waals surface area contributed by atoms with E-state index in [1.54, 1.807) is 0 Å². The molecule has 5 heteroatoms. The second kappa shape index (κ2) is 5.44. The molecule has 1 aromatic rings. The summed E-state index contributed by atoms with van der Waals surface area (Å²) in [5.41, 5.74) is 0.0199. The van der Waals surface area contributed by atoms with E-state index in [0.29, 0.717) is 6.29 Å². The average Bonchev–Trinajstić information content (AvgIpc) is 2.30. The largest absolute Gasteiger partial charge is 0.493 e. The van der Waals surface area contributed by atoms with Crippen molar-refractivity contribution in [1.82, 2.24) is 0 Å². The predicted octanol–water partition coefficient (Wildman–Crippen LogP) is 2.11. The molecule has 0 spiro atoms. The maximum Gasteiger partial charge on any atom is 0.167 e. The van der Waals surface area contributed by atoms with Crippen molar-refractivity contribution in [1.29, 1.82) is 0 Å². The molecule has 0 aliphatic heterocycles. The highest BCUT2D eigenvalue weighted by Gasteiger charge is 2.19. The Bertz CT molecular complexity index is 391. The minimum atomic E-state index is -1.02. The van der Waals surface area contributed by atoms with Gasteiger partial charge in [-0.2, -0.15) is 0 Å². The van der Waals surface area contributed by atoms with Crippen LogP contribution in [-0.2, 0) is 11.2 Å². The first-order valence-electron chi connectivity index (χ1n) is 4.68. The number of rotatable bonds is 5. The zero-order valence-corrected chi connectivity index (χ0v) is 9.05. The Morgan fingerprint density at radius 2 is 2.00 bits per heavy atom. The minimum absolute atomic E-state index is 0.0199. The Balaban J connectivity index is 3.28. The van der Waals surface area contributed by atoms with Crippen LogP contribution in [0.25, 0.3) is 0 Å². The van der Waals surface area contributed by atoms with E-state index in [1.807, 2.05) is 0 Å². The number of carbonyl (C=O) groups is 1. The molecular weight excluding hydrogens is 218 g/mol. The Labute approximate surface area is 92.0 Å². The molecular formula is C11H12F2O3. The molecule has 0 N–H and O–H groups in total. The van der Waals surface area contributed by atoms with Crippen LogP contribution in [-0.4, -0.2) is 20.5 Å². The van der Waals surface area contributed by atoms with Crippen LogP contribution in [0.5, 0.6) is 11.5 Å². The molecule has 0 radical (unpaired) electrons. The number of methoxy groups -OCH3 is 2. The lowest BCUT2D eigenvalue weighted by Crippen LogP contribution is -2.02. The molecule has 0 heterocycles. The van der Waals surface area contributed by atoms with Crippen LogP contribution >= 0.6 is 0 Å². The summed E-state index contributed by atoms with van der Waals surface area (Å²) >= 11 is 0. The number of hydrogen-bond donors (Lipinski definition) is 0. The molecule has 0 amide bonds. The van der Waals surface area contributed by atoms with Crippen LogP contribution in [0.4, 0.5) is 8.78 Å². The Morgan fingerprint density at radius 3 is 2.50 bits per heavy atom. The fourth-order valence-corrected chi connectivity index (χ4v) is 1.44. The molecule has 88 valence electrons. The first-order valence-corrected chi connectivity index (χ1v) is 4.68. The van der Waals surface area contributed by atoms with Gasteiger partial charge >= 0.3 is 0 Å². The molecule has 0 saturated carbocycles. The molecule has 0 atom stereocenters. The fourth-order valence-electron chi connectivity index (χ4n) is 1.44. The fraction of sp³-hybridized carbons (Fsp3) is 0.364. The Hall–Kier alpha value is -1.65. The molecule has 1 aromatic carbocycles. The van der Waals surface area contributed by atoms with Gasteiger partial charge in [-0.3, -0.25) is 0 Å². The Morgan fingerprint density at radius 1 is 1.31 bits per heavy atom. The zero-order valence-electron chi connectivity index (χ0n) is 9.05. The maximum absolute atomic E-state index is 13.5. The molecule has 16 heavy (non-hydrogen) atoms. The van der Waals surface area contributed by atoms with E-state index in [4.69, 9.17) is 9.47 Å². The van der Waals surface area contributed by atoms with E-state index < -0.39 is 11.6 Å². The maximum atomic E-state index is 13.5. The molecule has 0 aromatic heterocycles. The van der Waals surface area contributed by atoms with Gasteiger partial charge < -0.3 is 14.3 Å². The normalized spacial score (nSPS) is 10.0. The number of halogens is 2. The topological polar surface area (TPSA) is 35.5 Å². The van der Waals surface area contributed by atoms with E-state index >= 15 is 0 Å². The van der Waals surface area contributed by atoms with E-state index in [2.05, 4.69) is 0 Å². The van der Waals surface area contributed by atoms with Crippen LogP contribution in [0.2, 0.25) is 0 Å². The molecule has 0 fully saturated rings. The van der Waals surface area contributed by atoms with Gasteiger partial charge in [0.15, 0.2) is 23.1 Å². The third-order valence-electron chi connectivity index (χ3n) is 2.17. The van der Waals surface area contributed by atoms with E-state index in [1.165, 1.54) is 14.2 Å². The van der Waals surface area contributed by atoms with Gasteiger partial charge in [-0.1, -0.05) is 0 Å². The molecule has 0 unspecified atom stereocenters. The van der Waals surface area contributed by atoms with E-state index in [9.17, 15) is 13.6 Å². The molecule has 0 bridgehead atoms. The third-order valence-corrected chi connectivity index (χ3v) is 2.17. The van der Waals surface area contributed by atoms with Gasteiger partial charge in [0.1, 0.15) is 6.29 Å². The van der Waals surface area contributed by atoms with Crippen molar-refractivity contribution < 1.29 is 23.0 Å². The number of hydrogen-bond acceptors (Lipinski definition) is 3. The molecule has 0 aliphatic rings. The quantitative estimate of drug-likeness (QED) is 0.727. The number of carbonyl (C=O) groups excluding carboxylic acids is 1. The van der Waals surface area contributed by atoms with Crippen molar-refractivity contribution in [2.45, 2.75) is 12.8 Å². The van der Waals surface area contributed by atoms with Gasteiger partial charge in [0.25, 0.3) is 0 Å². The minimum Gasteiger partial charge on any atom is -0.493 e.